The van der Waals surface area contributed by atoms with Crippen LogP contribution >= 0.6 is 0 Å². The van der Waals surface area contributed by atoms with Gasteiger partial charge in [0.05, 0.1) is 0 Å². The predicted octanol–water partition coefficient (Wildman–Crippen LogP) is 1.68. The van der Waals surface area contributed by atoms with E-state index in [9.17, 15) is 14.0 Å². The summed E-state index contributed by atoms with van der Waals surface area (Å²) in [7, 11) is 0. The average Bonchev–Trinajstić information content (AvgIpc) is 3.15. The van der Waals surface area contributed by atoms with Crippen LogP contribution in [0.3, 0.4) is 0 Å². The van der Waals surface area contributed by atoms with Crippen molar-refractivity contribution in [3.63, 3.8) is 0 Å². The summed E-state index contributed by atoms with van der Waals surface area (Å²) in [5.74, 6) is -0.691. The van der Waals surface area contributed by atoms with E-state index in [0.29, 0.717) is 25.2 Å². The van der Waals surface area contributed by atoms with Crippen LogP contribution in [0.5, 0.6) is 0 Å². The third kappa shape index (κ3) is 3.00. The van der Waals surface area contributed by atoms with E-state index in [0.717, 1.165) is 5.56 Å². The molecule has 0 aliphatic carbocycles. The Kier molecular flexibility index (Phi) is 3.91. The van der Waals surface area contributed by atoms with E-state index in [4.69, 9.17) is 0 Å². The van der Waals surface area contributed by atoms with Gasteiger partial charge in [0, 0.05) is 19.3 Å². The first-order valence-corrected chi connectivity index (χ1v) is 7.11. The number of aromatic amines is 1. The fourth-order valence-electron chi connectivity index (χ4n) is 2.55. The van der Waals surface area contributed by atoms with Crippen molar-refractivity contribution in [1.29, 1.82) is 0 Å². The van der Waals surface area contributed by atoms with E-state index in [1.807, 2.05) is 0 Å². The second-order valence-corrected chi connectivity index (χ2v) is 5.28. The van der Waals surface area contributed by atoms with Gasteiger partial charge in [-0.05, 0) is 36.2 Å². The van der Waals surface area contributed by atoms with Crippen LogP contribution in [0.1, 0.15) is 22.5 Å². The maximum Gasteiger partial charge on any atom is 0.268 e. The molecule has 5 nitrogen and oxygen atoms in total. The normalized spacial score (nSPS) is 17.8. The summed E-state index contributed by atoms with van der Waals surface area (Å²) < 4.78 is 12.9. The van der Waals surface area contributed by atoms with Gasteiger partial charge >= 0.3 is 0 Å². The molecule has 0 bridgehead atoms. The fourth-order valence-corrected chi connectivity index (χ4v) is 2.55. The third-order valence-corrected chi connectivity index (χ3v) is 3.73. The lowest BCUT2D eigenvalue weighted by Crippen LogP contribution is -2.41. The molecule has 1 atom stereocenters. The molecule has 1 aromatic heterocycles. The van der Waals surface area contributed by atoms with Gasteiger partial charge in [-0.3, -0.25) is 9.59 Å². The number of benzene rings is 1. The number of likely N-dealkylation sites (tertiary alicyclic amines) is 1. The first-order valence-electron chi connectivity index (χ1n) is 7.11. The van der Waals surface area contributed by atoms with Gasteiger partial charge in [-0.1, -0.05) is 12.1 Å². The van der Waals surface area contributed by atoms with Crippen molar-refractivity contribution in [3.05, 3.63) is 59.7 Å². The Morgan fingerprint density at radius 1 is 1.32 bits per heavy atom. The van der Waals surface area contributed by atoms with Crippen molar-refractivity contribution in [3.8, 4) is 0 Å². The number of hydrogen-bond acceptors (Lipinski definition) is 2. The Balaban J connectivity index is 1.60. The van der Waals surface area contributed by atoms with Crippen LogP contribution < -0.4 is 5.32 Å². The SMILES string of the molecule is O=C(NC1CCN(Cc2ccc(F)cc2)C1=O)c1ccc[nH]1. The quantitative estimate of drug-likeness (QED) is 0.902. The molecule has 3 rings (SSSR count). The topological polar surface area (TPSA) is 65.2 Å². The van der Waals surface area contributed by atoms with Crippen molar-refractivity contribution in [1.82, 2.24) is 15.2 Å². The first-order chi connectivity index (χ1) is 10.6. The smallest absolute Gasteiger partial charge is 0.268 e. The Morgan fingerprint density at radius 2 is 2.09 bits per heavy atom. The second kappa shape index (κ2) is 6.01. The number of carbonyl (C=O) groups is 2. The molecule has 0 radical (unpaired) electrons. The number of rotatable bonds is 4. The molecule has 22 heavy (non-hydrogen) atoms. The molecule has 1 aromatic carbocycles. The van der Waals surface area contributed by atoms with Gasteiger partial charge in [-0.15, -0.1) is 0 Å². The van der Waals surface area contributed by atoms with E-state index < -0.39 is 6.04 Å². The molecule has 2 amide bonds. The number of halogens is 1. The molecule has 0 spiro atoms. The van der Waals surface area contributed by atoms with Crippen LogP contribution in [0, 0.1) is 5.82 Å². The van der Waals surface area contributed by atoms with E-state index >= 15 is 0 Å². The highest BCUT2D eigenvalue weighted by Crippen LogP contribution is 2.16. The van der Waals surface area contributed by atoms with Crippen molar-refractivity contribution >= 4 is 11.8 Å². The summed E-state index contributed by atoms with van der Waals surface area (Å²) in [6.45, 7) is 1.000. The summed E-state index contributed by atoms with van der Waals surface area (Å²) in [6.07, 6.45) is 2.23. The molecule has 1 saturated heterocycles. The zero-order valence-corrected chi connectivity index (χ0v) is 11.9. The van der Waals surface area contributed by atoms with E-state index in [1.165, 1.54) is 12.1 Å². The Labute approximate surface area is 127 Å². The largest absolute Gasteiger partial charge is 0.357 e. The van der Waals surface area contributed by atoms with Crippen molar-refractivity contribution < 1.29 is 14.0 Å². The maximum atomic E-state index is 12.9. The van der Waals surface area contributed by atoms with Crippen molar-refractivity contribution in [2.45, 2.75) is 19.0 Å². The van der Waals surface area contributed by atoms with Crippen LogP contribution in [0.4, 0.5) is 4.39 Å². The summed E-state index contributed by atoms with van der Waals surface area (Å²) in [5, 5.41) is 2.73. The number of amides is 2. The predicted molar refractivity (Wildman–Crippen MR) is 78.5 cm³/mol. The number of carbonyl (C=O) groups excluding carboxylic acids is 2. The van der Waals surface area contributed by atoms with Crippen LogP contribution in [0.2, 0.25) is 0 Å². The summed E-state index contributed by atoms with van der Waals surface area (Å²) in [5.41, 5.74) is 1.30. The number of nitrogens with one attached hydrogen (secondary N) is 2. The average molecular weight is 301 g/mol. The highest BCUT2D eigenvalue weighted by molar-refractivity contribution is 5.96. The minimum atomic E-state index is -0.503. The highest BCUT2D eigenvalue weighted by atomic mass is 19.1. The van der Waals surface area contributed by atoms with E-state index in [1.54, 1.807) is 35.4 Å². The molecule has 114 valence electrons. The van der Waals surface area contributed by atoms with Gasteiger partial charge in [0.2, 0.25) is 5.91 Å². The van der Waals surface area contributed by atoms with Gasteiger partial charge in [-0.2, -0.15) is 0 Å². The highest BCUT2D eigenvalue weighted by Gasteiger charge is 2.32. The van der Waals surface area contributed by atoms with E-state index in [2.05, 4.69) is 10.3 Å². The number of hydrogen-bond donors (Lipinski definition) is 2. The lowest BCUT2D eigenvalue weighted by atomic mass is 10.2. The lowest BCUT2D eigenvalue weighted by molar-refractivity contribution is -0.129. The molecule has 0 saturated carbocycles. The summed E-state index contributed by atoms with van der Waals surface area (Å²) in [4.78, 5) is 28.7. The third-order valence-electron chi connectivity index (χ3n) is 3.73. The standard InChI is InChI=1S/C16H16FN3O2/c17-12-5-3-11(4-6-12)10-20-9-7-14(16(20)22)19-15(21)13-2-1-8-18-13/h1-6,8,14,18H,7,9-10H2,(H,19,21). The molecule has 1 aliphatic heterocycles. The molecular formula is C16H16FN3O2. The molecule has 1 fully saturated rings. The summed E-state index contributed by atoms with van der Waals surface area (Å²) >= 11 is 0. The Bertz CT molecular complexity index is 667. The van der Waals surface area contributed by atoms with Crippen LogP contribution in [-0.2, 0) is 11.3 Å². The summed E-state index contributed by atoms with van der Waals surface area (Å²) in [6, 6.07) is 8.95. The molecule has 1 aliphatic rings. The number of nitrogens with zero attached hydrogens (tertiary/aromatic N) is 1. The Morgan fingerprint density at radius 3 is 2.77 bits per heavy atom. The molecule has 2 N–H and O–H groups in total. The molecule has 1 unspecified atom stereocenters. The van der Waals surface area contributed by atoms with Crippen molar-refractivity contribution in [2.75, 3.05) is 6.54 Å². The van der Waals surface area contributed by atoms with Gasteiger partial charge in [0.15, 0.2) is 0 Å². The first kappa shape index (κ1) is 14.3. The fraction of sp³-hybridized carbons (Fsp3) is 0.250. The Hall–Kier alpha value is -2.63. The van der Waals surface area contributed by atoms with E-state index in [-0.39, 0.29) is 17.6 Å². The minimum absolute atomic E-state index is 0.107. The molecular weight excluding hydrogens is 285 g/mol. The second-order valence-electron chi connectivity index (χ2n) is 5.28. The number of H-pyrrole nitrogens is 1. The van der Waals surface area contributed by atoms with Gasteiger partial charge < -0.3 is 15.2 Å². The van der Waals surface area contributed by atoms with Crippen molar-refractivity contribution in [2.24, 2.45) is 0 Å². The molecule has 2 heterocycles. The molecule has 2 aromatic rings. The molecule has 6 heteroatoms. The van der Waals surface area contributed by atoms with Gasteiger partial charge in [-0.25, -0.2) is 4.39 Å². The van der Waals surface area contributed by atoms with Crippen LogP contribution in [0.25, 0.3) is 0 Å². The monoisotopic (exact) mass is 301 g/mol. The van der Waals surface area contributed by atoms with Crippen LogP contribution in [-0.4, -0.2) is 34.3 Å². The van der Waals surface area contributed by atoms with Crippen LogP contribution in [0.15, 0.2) is 42.6 Å². The maximum absolute atomic E-state index is 12.9. The van der Waals surface area contributed by atoms with Gasteiger partial charge in [0.25, 0.3) is 5.91 Å². The number of aromatic nitrogens is 1. The van der Waals surface area contributed by atoms with Gasteiger partial charge in [0.1, 0.15) is 17.6 Å². The minimum Gasteiger partial charge on any atom is -0.357 e. The zero-order valence-electron chi connectivity index (χ0n) is 11.9. The lowest BCUT2D eigenvalue weighted by Gasteiger charge is -2.17. The zero-order chi connectivity index (χ0) is 15.5.